The molecule has 1 aromatic heterocycles. The molecule has 0 aliphatic carbocycles. The lowest BCUT2D eigenvalue weighted by Crippen LogP contribution is -2.08. The molecule has 0 bridgehead atoms. The van der Waals surface area contributed by atoms with Gasteiger partial charge in [0.05, 0.1) is 0 Å². The summed E-state index contributed by atoms with van der Waals surface area (Å²) >= 11 is 0. The highest BCUT2D eigenvalue weighted by Crippen LogP contribution is 2.33. The van der Waals surface area contributed by atoms with Gasteiger partial charge in [-0.25, -0.2) is 0 Å². The number of anilines is 2. The molecule has 0 unspecified atom stereocenters. The molecule has 2 N–H and O–H groups in total. The van der Waals surface area contributed by atoms with E-state index in [4.69, 9.17) is 10.5 Å². The van der Waals surface area contributed by atoms with Crippen LogP contribution in [0.5, 0.6) is 11.5 Å². The quantitative estimate of drug-likeness (QED) is 0.743. The van der Waals surface area contributed by atoms with Crippen LogP contribution >= 0.6 is 0 Å². The van der Waals surface area contributed by atoms with E-state index in [2.05, 4.69) is 4.98 Å². The third-order valence-corrected chi connectivity index (χ3v) is 3.37. The van der Waals surface area contributed by atoms with E-state index in [0.29, 0.717) is 5.69 Å². The first-order chi connectivity index (χ1) is 10.1. The fourth-order valence-electron chi connectivity index (χ4n) is 2.23. The molecule has 0 aliphatic heterocycles. The number of nitrogen functional groups attached to an aromatic ring is 1. The van der Waals surface area contributed by atoms with Gasteiger partial charge < -0.3 is 15.4 Å². The predicted molar refractivity (Wildman–Crippen MR) is 87.0 cm³/mol. The SMILES string of the molecule is CN(C)c1cccc(Oc2ccc(N)c3cnccc23)c1. The molecule has 0 saturated carbocycles. The number of pyridine rings is 1. The Kier molecular flexibility index (Phi) is 3.36. The van der Waals surface area contributed by atoms with Crippen LogP contribution in [0.1, 0.15) is 0 Å². The van der Waals surface area contributed by atoms with Gasteiger partial charge in [0.1, 0.15) is 11.5 Å². The molecule has 3 aromatic rings. The van der Waals surface area contributed by atoms with Crippen molar-refractivity contribution in [3.8, 4) is 11.5 Å². The average molecular weight is 279 g/mol. The maximum absolute atomic E-state index is 6.03. The molecule has 0 aliphatic rings. The van der Waals surface area contributed by atoms with Crippen molar-refractivity contribution >= 4 is 22.1 Å². The monoisotopic (exact) mass is 279 g/mol. The minimum absolute atomic E-state index is 0.701. The topological polar surface area (TPSA) is 51.4 Å². The molecule has 1 heterocycles. The lowest BCUT2D eigenvalue weighted by Gasteiger charge is -2.15. The fraction of sp³-hybridized carbons (Fsp3) is 0.118. The van der Waals surface area contributed by atoms with Gasteiger partial charge in [-0.2, -0.15) is 0 Å². The van der Waals surface area contributed by atoms with Crippen LogP contribution in [0.3, 0.4) is 0 Å². The summed E-state index contributed by atoms with van der Waals surface area (Å²) in [6, 6.07) is 13.6. The van der Waals surface area contributed by atoms with Crippen LogP contribution < -0.4 is 15.4 Å². The van der Waals surface area contributed by atoms with Gasteiger partial charge in [0.15, 0.2) is 0 Å². The van der Waals surface area contributed by atoms with E-state index >= 15 is 0 Å². The summed E-state index contributed by atoms with van der Waals surface area (Å²) in [6.45, 7) is 0. The van der Waals surface area contributed by atoms with Crippen molar-refractivity contribution < 1.29 is 4.74 Å². The van der Waals surface area contributed by atoms with E-state index in [-0.39, 0.29) is 0 Å². The van der Waals surface area contributed by atoms with Crippen LogP contribution in [0, 0.1) is 0 Å². The van der Waals surface area contributed by atoms with Crippen LogP contribution in [0.2, 0.25) is 0 Å². The summed E-state index contributed by atoms with van der Waals surface area (Å²) in [5.41, 5.74) is 7.77. The zero-order chi connectivity index (χ0) is 14.8. The highest BCUT2D eigenvalue weighted by atomic mass is 16.5. The maximum Gasteiger partial charge on any atom is 0.135 e. The molecule has 0 fully saturated rings. The third kappa shape index (κ3) is 2.60. The molecule has 4 nitrogen and oxygen atoms in total. The van der Waals surface area contributed by atoms with E-state index < -0.39 is 0 Å². The molecule has 21 heavy (non-hydrogen) atoms. The maximum atomic E-state index is 6.03. The van der Waals surface area contributed by atoms with E-state index in [1.165, 1.54) is 0 Å². The fourth-order valence-corrected chi connectivity index (χ4v) is 2.23. The molecule has 0 atom stereocenters. The largest absolute Gasteiger partial charge is 0.457 e. The second-order valence-corrected chi connectivity index (χ2v) is 5.07. The minimum atomic E-state index is 0.701. The Balaban J connectivity index is 2.02. The number of hydrogen-bond acceptors (Lipinski definition) is 4. The van der Waals surface area contributed by atoms with Gasteiger partial charge in [0.25, 0.3) is 0 Å². The van der Waals surface area contributed by atoms with E-state index in [1.54, 1.807) is 12.4 Å². The van der Waals surface area contributed by atoms with Crippen molar-refractivity contribution in [1.29, 1.82) is 0 Å². The van der Waals surface area contributed by atoms with Gasteiger partial charge in [-0.15, -0.1) is 0 Å². The number of hydrogen-bond donors (Lipinski definition) is 1. The first-order valence-electron chi connectivity index (χ1n) is 6.72. The summed E-state index contributed by atoms with van der Waals surface area (Å²) in [5, 5.41) is 1.86. The Morgan fingerprint density at radius 3 is 2.71 bits per heavy atom. The highest BCUT2D eigenvalue weighted by molar-refractivity contribution is 5.96. The zero-order valence-electron chi connectivity index (χ0n) is 12.1. The van der Waals surface area contributed by atoms with Crippen LogP contribution in [-0.4, -0.2) is 19.1 Å². The second kappa shape index (κ2) is 5.32. The van der Waals surface area contributed by atoms with Crippen LogP contribution in [0.15, 0.2) is 54.9 Å². The third-order valence-electron chi connectivity index (χ3n) is 3.37. The van der Waals surface area contributed by atoms with Gasteiger partial charge in [-0.1, -0.05) is 6.07 Å². The molecule has 3 rings (SSSR count). The number of fused-ring (bicyclic) bond motifs is 1. The number of nitrogens with two attached hydrogens (primary N) is 1. The average Bonchev–Trinajstić information content (AvgIpc) is 2.51. The van der Waals surface area contributed by atoms with Crippen molar-refractivity contribution in [2.24, 2.45) is 0 Å². The number of benzene rings is 2. The van der Waals surface area contributed by atoms with Crippen molar-refractivity contribution in [2.45, 2.75) is 0 Å². The Morgan fingerprint density at radius 2 is 1.90 bits per heavy atom. The van der Waals surface area contributed by atoms with Crippen LogP contribution in [-0.2, 0) is 0 Å². The standard InChI is InChI=1S/C17H17N3O/c1-20(2)12-4-3-5-13(10-12)21-17-7-6-16(18)15-11-19-9-8-14(15)17/h3-11H,18H2,1-2H3. The predicted octanol–water partition coefficient (Wildman–Crippen LogP) is 3.68. The second-order valence-electron chi connectivity index (χ2n) is 5.07. The number of rotatable bonds is 3. The Hall–Kier alpha value is -2.75. The number of nitrogens with zero attached hydrogens (tertiary/aromatic N) is 2. The molecular weight excluding hydrogens is 262 g/mol. The Morgan fingerprint density at radius 1 is 1.05 bits per heavy atom. The van der Waals surface area contributed by atoms with E-state index in [1.807, 2.05) is 61.5 Å². The normalized spacial score (nSPS) is 10.6. The Labute approximate surface area is 123 Å². The number of aromatic nitrogens is 1. The Bertz CT molecular complexity index is 784. The summed E-state index contributed by atoms with van der Waals surface area (Å²) in [6.07, 6.45) is 3.50. The van der Waals surface area contributed by atoms with Gasteiger partial charge in [0.2, 0.25) is 0 Å². The van der Waals surface area contributed by atoms with Gasteiger partial charge in [-0.05, 0) is 30.3 Å². The molecule has 106 valence electrons. The molecule has 0 saturated heterocycles. The first kappa shape index (κ1) is 13.2. The molecule has 2 aromatic carbocycles. The van der Waals surface area contributed by atoms with Crippen molar-refractivity contribution in [1.82, 2.24) is 4.98 Å². The van der Waals surface area contributed by atoms with Gasteiger partial charge >= 0.3 is 0 Å². The smallest absolute Gasteiger partial charge is 0.135 e. The van der Waals surface area contributed by atoms with E-state index in [0.717, 1.165) is 28.0 Å². The lowest BCUT2D eigenvalue weighted by atomic mass is 10.1. The van der Waals surface area contributed by atoms with Gasteiger partial charge in [-0.3, -0.25) is 4.98 Å². The number of ether oxygens (including phenoxy) is 1. The zero-order valence-corrected chi connectivity index (χ0v) is 12.1. The summed E-state index contributed by atoms with van der Waals surface area (Å²) in [5.74, 6) is 1.57. The summed E-state index contributed by atoms with van der Waals surface area (Å²) in [4.78, 5) is 6.16. The van der Waals surface area contributed by atoms with Crippen molar-refractivity contribution in [2.75, 3.05) is 24.7 Å². The molecule has 4 heteroatoms. The molecule has 0 amide bonds. The highest BCUT2D eigenvalue weighted by Gasteiger charge is 2.07. The molecular formula is C17H17N3O. The van der Waals surface area contributed by atoms with Crippen LogP contribution in [0.25, 0.3) is 10.8 Å². The van der Waals surface area contributed by atoms with Crippen molar-refractivity contribution in [3.05, 3.63) is 54.9 Å². The van der Waals surface area contributed by atoms with E-state index in [9.17, 15) is 0 Å². The summed E-state index contributed by atoms with van der Waals surface area (Å²) in [7, 11) is 4.01. The van der Waals surface area contributed by atoms with Crippen molar-refractivity contribution in [3.63, 3.8) is 0 Å². The lowest BCUT2D eigenvalue weighted by molar-refractivity contribution is 0.488. The van der Waals surface area contributed by atoms with Gasteiger partial charge in [0, 0.05) is 54.7 Å². The molecule has 0 spiro atoms. The first-order valence-corrected chi connectivity index (χ1v) is 6.72. The summed E-state index contributed by atoms with van der Waals surface area (Å²) < 4.78 is 6.03. The molecule has 0 radical (unpaired) electrons. The van der Waals surface area contributed by atoms with Crippen LogP contribution in [0.4, 0.5) is 11.4 Å². The minimum Gasteiger partial charge on any atom is -0.457 e.